The molecule has 0 spiro atoms. The van der Waals surface area contributed by atoms with Crippen molar-refractivity contribution < 1.29 is 14.6 Å². The van der Waals surface area contributed by atoms with Crippen LogP contribution < -0.4 is 4.74 Å². The highest BCUT2D eigenvalue weighted by Gasteiger charge is 2.21. The van der Waals surface area contributed by atoms with E-state index in [-0.39, 0.29) is 0 Å². The van der Waals surface area contributed by atoms with Crippen LogP contribution in [0.2, 0.25) is 0 Å². The lowest BCUT2D eigenvalue weighted by atomic mass is 10.2. The Balaban J connectivity index is 2.10. The summed E-state index contributed by atoms with van der Waals surface area (Å²) in [5.41, 5.74) is 1.60. The maximum atomic E-state index is 11.2. The van der Waals surface area contributed by atoms with Gasteiger partial charge in [0.1, 0.15) is 11.0 Å². The lowest BCUT2D eigenvalue weighted by molar-refractivity contribution is -0.136. The summed E-state index contributed by atoms with van der Waals surface area (Å²) >= 11 is 1.14. The summed E-state index contributed by atoms with van der Waals surface area (Å²) in [7, 11) is 1.60. The van der Waals surface area contributed by atoms with E-state index in [0.717, 1.165) is 28.8 Å². The zero-order valence-electron chi connectivity index (χ0n) is 13.7. The van der Waals surface area contributed by atoms with Crippen LogP contribution in [0, 0.1) is 0 Å². The van der Waals surface area contributed by atoms with Crippen molar-refractivity contribution in [1.82, 2.24) is 19.7 Å². The van der Waals surface area contributed by atoms with Crippen molar-refractivity contribution in [2.45, 2.75) is 17.3 Å². The lowest BCUT2D eigenvalue weighted by Crippen LogP contribution is -2.12. The van der Waals surface area contributed by atoms with Crippen LogP contribution in [0.4, 0.5) is 0 Å². The van der Waals surface area contributed by atoms with E-state index < -0.39 is 11.2 Å². The second-order valence-electron chi connectivity index (χ2n) is 5.18. The summed E-state index contributed by atoms with van der Waals surface area (Å²) in [6.07, 6.45) is 3.37. The predicted molar refractivity (Wildman–Crippen MR) is 94.1 cm³/mol. The number of ether oxygens (including phenoxy) is 1. The molecule has 0 fully saturated rings. The van der Waals surface area contributed by atoms with Crippen molar-refractivity contribution in [3.63, 3.8) is 0 Å². The molecule has 0 aliphatic rings. The molecule has 1 aromatic carbocycles. The molecular weight excluding hydrogens is 340 g/mol. The van der Waals surface area contributed by atoms with Gasteiger partial charge in [-0.25, -0.2) is 0 Å². The molecule has 0 amide bonds. The van der Waals surface area contributed by atoms with Crippen LogP contribution in [0.15, 0.2) is 53.9 Å². The van der Waals surface area contributed by atoms with Gasteiger partial charge in [0.15, 0.2) is 11.0 Å². The highest BCUT2D eigenvalue weighted by atomic mass is 32.2. The third kappa shape index (κ3) is 3.63. The second-order valence-corrected chi connectivity index (χ2v) is 6.49. The minimum Gasteiger partial charge on any atom is -0.497 e. The van der Waals surface area contributed by atoms with Crippen LogP contribution in [0.1, 0.15) is 6.92 Å². The van der Waals surface area contributed by atoms with Gasteiger partial charge >= 0.3 is 5.97 Å². The van der Waals surface area contributed by atoms with Gasteiger partial charge in [0.05, 0.1) is 7.11 Å². The Kier molecular flexibility index (Phi) is 4.99. The molecule has 7 nitrogen and oxygen atoms in total. The molecule has 0 saturated carbocycles. The standard InChI is InChI=1S/C17H16N4O3S/c1-11(16(22)23)25-17-20-19-15(12-4-3-9-18-10-12)21(17)13-5-7-14(24-2)8-6-13/h3-11H,1-2H3,(H,22,23). The number of pyridine rings is 1. The number of thioether (sulfide) groups is 1. The molecule has 2 aromatic heterocycles. The SMILES string of the molecule is COc1ccc(-n2c(SC(C)C(=O)O)nnc2-c2cccnc2)cc1. The van der Waals surface area contributed by atoms with Gasteiger partial charge in [-0.2, -0.15) is 0 Å². The van der Waals surface area contributed by atoms with Gasteiger partial charge in [0, 0.05) is 23.6 Å². The molecule has 1 N–H and O–H groups in total. The number of carbonyl (C=O) groups is 1. The fourth-order valence-corrected chi connectivity index (χ4v) is 3.00. The van der Waals surface area contributed by atoms with Gasteiger partial charge in [-0.3, -0.25) is 14.3 Å². The van der Waals surface area contributed by atoms with E-state index in [0.29, 0.717) is 11.0 Å². The Morgan fingerprint density at radius 2 is 2.00 bits per heavy atom. The fourth-order valence-electron chi connectivity index (χ4n) is 2.20. The second kappa shape index (κ2) is 7.35. The number of aromatic nitrogens is 4. The first kappa shape index (κ1) is 17.0. The van der Waals surface area contributed by atoms with Crippen LogP contribution in [0.5, 0.6) is 5.75 Å². The van der Waals surface area contributed by atoms with Gasteiger partial charge < -0.3 is 9.84 Å². The Hall–Kier alpha value is -2.87. The topological polar surface area (TPSA) is 90.1 Å². The average molecular weight is 356 g/mol. The van der Waals surface area contributed by atoms with Crippen molar-refractivity contribution in [3.8, 4) is 22.8 Å². The summed E-state index contributed by atoms with van der Waals surface area (Å²) < 4.78 is 7.01. The number of nitrogens with zero attached hydrogens (tertiary/aromatic N) is 4. The van der Waals surface area contributed by atoms with Crippen molar-refractivity contribution in [2.75, 3.05) is 7.11 Å². The maximum Gasteiger partial charge on any atom is 0.316 e. The van der Waals surface area contributed by atoms with Crippen molar-refractivity contribution >= 4 is 17.7 Å². The number of hydrogen-bond donors (Lipinski definition) is 1. The van der Waals surface area contributed by atoms with Crippen LogP contribution in [-0.4, -0.2) is 43.2 Å². The monoisotopic (exact) mass is 356 g/mol. The molecule has 3 aromatic rings. The number of benzene rings is 1. The summed E-state index contributed by atoms with van der Waals surface area (Å²) in [6.45, 7) is 1.61. The van der Waals surface area contributed by atoms with E-state index >= 15 is 0 Å². The van der Waals surface area contributed by atoms with Crippen molar-refractivity contribution in [1.29, 1.82) is 0 Å². The zero-order valence-corrected chi connectivity index (χ0v) is 14.5. The molecule has 1 atom stereocenters. The Morgan fingerprint density at radius 1 is 1.24 bits per heavy atom. The predicted octanol–water partition coefficient (Wildman–Crippen LogP) is 2.90. The van der Waals surface area contributed by atoms with Crippen molar-refractivity contribution in [3.05, 3.63) is 48.8 Å². The zero-order chi connectivity index (χ0) is 17.8. The largest absolute Gasteiger partial charge is 0.497 e. The molecule has 1 unspecified atom stereocenters. The van der Waals surface area contributed by atoms with Crippen LogP contribution >= 0.6 is 11.8 Å². The van der Waals surface area contributed by atoms with E-state index in [1.165, 1.54) is 0 Å². The van der Waals surface area contributed by atoms with E-state index in [1.807, 2.05) is 41.0 Å². The molecule has 0 radical (unpaired) electrons. The first-order chi connectivity index (χ1) is 12.1. The Bertz CT molecular complexity index is 865. The molecule has 25 heavy (non-hydrogen) atoms. The Morgan fingerprint density at radius 3 is 2.60 bits per heavy atom. The van der Waals surface area contributed by atoms with Crippen LogP contribution in [0.3, 0.4) is 0 Å². The first-order valence-corrected chi connectivity index (χ1v) is 8.38. The quantitative estimate of drug-likeness (QED) is 0.679. The summed E-state index contributed by atoms with van der Waals surface area (Å²) in [6, 6.07) is 11.1. The fraction of sp³-hybridized carbons (Fsp3) is 0.176. The number of rotatable bonds is 6. The molecular formula is C17H16N4O3S. The number of methoxy groups -OCH3 is 1. The van der Waals surface area contributed by atoms with Gasteiger partial charge in [0.2, 0.25) is 0 Å². The molecule has 0 aliphatic carbocycles. The van der Waals surface area contributed by atoms with Gasteiger partial charge in [0.25, 0.3) is 0 Å². The number of carboxylic acids is 1. The van der Waals surface area contributed by atoms with Gasteiger partial charge in [-0.15, -0.1) is 10.2 Å². The number of hydrogen-bond acceptors (Lipinski definition) is 6. The van der Waals surface area contributed by atoms with Crippen LogP contribution in [0.25, 0.3) is 17.1 Å². The third-order valence-corrected chi connectivity index (χ3v) is 4.54. The summed E-state index contributed by atoms with van der Waals surface area (Å²) in [4.78, 5) is 15.3. The van der Waals surface area contributed by atoms with E-state index in [2.05, 4.69) is 15.2 Å². The number of aliphatic carboxylic acids is 1. The third-order valence-electron chi connectivity index (χ3n) is 3.51. The van der Waals surface area contributed by atoms with Gasteiger partial charge in [-0.1, -0.05) is 11.8 Å². The molecule has 8 heteroatoms. The minimum absolute atomic E-state index is 0.499. The highest BCUT2D eigenvalue weighted by molar-refractivity contribution is 8.00. The minimum atomic E-state index is -0.905. The molecule has 128 valence electrons. The van der Waals surface area contributed by atoms with E-state index in [1.54, 1.807) is 26.4 Å². The van der Waals surface area contributed by atoms with Crippen molar-refractivity contribution in [2.24, 2.45) is 0 Å². The van der Waals surface area contributed by atoms with E-state index in [4.69, 9.17) is 4.74 Å². The molecule has 2 heterocycles. The first-order valence-electron chi connectivity index (χ1n) is 7.50. The molecule has 3 rings (SSSR count). The summed E-state index contributed by atoms with van der Waals surface area (Å²) in [5, 5.41) is 17.5. The molecule has 0 saturated heterocycles. The molecule has 0 bridgehead atoms. The summed E-state index contributed by atoms with van der Waals surface area (Å²) in [5.74, 6) is 0.420. The van der Waals surface area contributed by atoms with Crippen LogP contribution in [-0.2, 0) is 4.79 Å². The Labute approximate surface area is 148 Å². The van der Waals surface area contributed by atoms with E-state index in [9.17, 15) is 9.90 Å². The lowest BCUT2D eigenvalue weighted by Gasteiger charge is -2.12. The highest BCUT2D eigenvalue weighted by Crippen LogP contribution is 2.30. The maximum absolute atomic E-state index is 11.2. The normalized spacial score (nSPS) is 11.9. The smallest absolute Gasteiger partial charge is 0.316 e. The van der Waals surface area contributed by atoms with Gasteiger partial charge in [-0.05, 0) is 43.3 Å². The number of carboxylic acid groups (broad SMARTS) is 1. The molecule has 0 aliphatic heterocycles. The average Bonchev–Trinajstić information content (AvgIpc) is 3.06.